The first-order chi connectivity index (χ1) is 25.3. The second-order valence-electron chi connectivity index (χ2n) is 13.4. The van der Waals surface area contributed by atoms with Gasteiger partial charge in [0.15, 0.2) is 0 Å². The van der Waals surface area contributed by atoms with Crippen molar-refractivity contribution in [2.24, 2.45) is 0 Å². The highest BCUT2D eigenvalue weighted by Gasteiger charge is 2.24. The summed E-state index contributed by atoms with van der Waals surface area (Å²) in [5.74, 6) is 0. The van der Waals surface area contributed by atoms with Crippen LogP contribution in [0, 0.1) is 0 Å². The third kappa shape index (κ3) is 4.20. The molecule has 0 fully saturated rings. The van der Waals surface area contributed by atoms with Crippen molar-refractivity contribution in [1.82, 2.24) is 19.1 Å². The molecule has 0 saturated heterocycles. The quantitative estimate of drug-likeness (QED) is 0.190. The Morgan fingerprint density at radius 2 is 0.961 bits per heavy atom. The minimum atomic E-state index is 0.850. The van der Waals surface area contributed by atoms with Crippen LogP contribution < -0.4 is 0 Å². The fraction of sp³-hybridized carbons (Fsp3) is 0.0213. The summed E-state index contributed by atoms with van der Waals surface area (Å²) < 4.78 is 4.76. The van der Waals surface area contributed by atoms with E-state index in [-0.39, 0.29) is 0 Å². The van der Waals surface area contributed by atoms with Gasteiger partial charge in [0.1, 0.15) is 6.33 Å². The fourth-order valence-corrected chi connectivity index (χ4v) is 8.39. The Bertz CT molecular complexity index is 3000. The number of rotatable bonds is 4. The van der Waals surface area contributed by atoms with E-state index >= 15 is 0 Å². The van der Waals surface area contributed by atoms with E-state index in [0.717, 1.165) is 29.1 Å². The second-order valence-corrected chi connectivity index (χ2v) is 13.4. The molecule has 0 saturated carbocycles. The summed E-state index contributed by atoms with van der Waals surface area (Å²) >= 11 is 0. The highest BCUT2D eigenvalue weighted by atomic mass is 15.0. The fourth-order valence-electron chi connectivity index (χ4n) is 8.39. The van der Waals surface area contributed by atoms with Crippen LogP contribution in [0.4, 0.5) is 0 Å². The largest absolute Gasteiger partial charge is 0.309 e. The van der Waals surface area contributed by atoms with Gasteiger partial charge < -0.3 is 9.13 Å². The van der Waals surface area contributed by atoms with Crippen molar-refractivity contribution in [1.29, 1.82) is 0 Å². The van der Waals surface area contributed by atoms with Crippen LogP contribution in [0.2, 0.25) is 0 Å². The Balaban J connectivity index is 1.05. The molecule has 11 rings (SSSR count). The molecule has 1 aliphatic carbocycles. The van der Waals surface area contributed by atoms with Crippen LogP contribution >= 0.6 is 0 Å². The Morgan fingerprint density at radius 3 is 1.69 bits per heavy atom. The number of nitrogens with zero attached hydrogens (tertiary/aromatic N) is 4. The first kappa shape index (κ1) is 28.1. The van der Waals surface area contributed by atoms with Crippen LogP contribution in [0.5, 0.6) is 0 Å². The van der Waals surface area contributed by atoms with Crippen LogP contribution in [-0.4, -0.2) is 19.1 Å². The molecule has 238 valence electrons. The van der Waals surface area contributed by atoms with Crippen molar-refractivity contribution in [3.05, 3.63) is 181 Å². The summed E-state index contributed by atoms with van der Waals surface area (Å²) in [7, 11) is 0. The molecule has 0 amide bonds. The molecular weight excluding hydrogens is 621 g/mol. The molecule has 7 aromatic carbocycles. The summed E-state index contributed by atoms with van der Waals surface area (Å²) in [5, 5.41) is 4.98. The maximum absolute atomic E-state index is 4.83. The normalized spacial score (nSPS) is 12.2. The molecule has 10 aromatic rings. The van der Waals surface area contributed by atoms with E-state index in [2.05, 4.69) is 173 Å². The zero-order chi connectivity index (χ0) is 33.5. The lowest BCUT2D eigenvalue weighted by Crippen LogP contribution is -1.97. The van der Waals surface area contributed by atoms with E-state index in [1.807, 2.05) is 0 Å². The van der Waals surface area contributed by atoms with E-state index < -0.39 is 0 Å². The lowest BCUT2D eigenvalue weighted by molar-refractivity contribution is 1.12. The molecule has 1 aliphatic rings. The monoisotopic (exact) mass is 650 g/mol. The van der Waals surface area contributed by atoms with Crippen LogP contribution in [0.3, 0.4) is 0 Å². The van der Waals surface area contributed by atoms with Gasteiger partial charge in [0.05, 0.1) is 33.5 Å². The minimum Gasteiger partial charge on any atom is -0.309 e. The minimum absolute atomic E-state index is 0.850. The van der Waals surface area contributed by atoms with Crippen molar-refractivity contribution in [3.8, 4) is 45.0 Å². The molecular formula is C47H30N4. The van der Waals surface area contributed by atoms with E-state index in [0.29, 0.717) is 0 Å². The summed E-state index contributed by atoms with van der Waals surface area (Å²) in [6.45, 7) is 0. The number of aromatic nitrogens is 4. The molecule has 0 aliphatic heterocycles. The topological polar surface area (TPSA) is 35.6 Å². The molecule has 0 N–H and O–H groups in total. The first-order valence-electron chi connectivity index (χ1n) is 17.5. The maximum atomic E-state index is 4.83. The molecule has 0 spiro atoms. The molecule has 4 heteroatoms. The third-order valence-corrected chi connectivity index (χ3v) is 10.7. The predicted octanol–water partition coefficient (Wildman–Crippen LogP) is 11.6. The van der Waals surface area contributed by atoms with E-state index in [4.69, 9.17) is 9.97 Å². The average molecular weight is 651 g/mol. The van der Waals surface area contributed by atoms with E-state index in [1.54, 1.807) is 6.33 Å². The lowest BCUT2D eigenvalue weighted by atomic mass is 10.0. The maximum Gasteiger partial charge on any atom is 0.116 e. The Morgan fingerprint density at radius 1 is 0.392 bits per heavy atom. The highest BCUT2D eigenvalue weighted by Crippen LogP contribution is 2.41. The van der Waals surface area contributed by atoms with Gasteiger partial charge >= 0.3 is 0 Å². The number of hydrogen-bond donors (Lipinski definition) is 0. The molecule has 0 unspecified atom stereocenters. The van der Waals surface area contributed by atoms with Gasteiger partial charge in [-0.25, -0.2) is 9.97 Å². The first-order valence-corrected chi connectivity index (χ1v) is 17.5. The molecule has 0 bridgehead atoms. The van der Waals surface area contributed by atoms with Crippen molar-refractivity contribution < 1.29 is 0 Å². The van der Waals surface area contributed by atoms with Gasteiger partial charge in [-0.15, -0.1) is 0 Å². The lowest BCUT2D eigenvalue weighted by Gasteiger charge is -2.12. The molecule has 3 heterocycles. The second kappa shape index (κ2) is 10.9. The Labute approximate surface area is 294 Å². The van der Waals surface area contributed by atoms with Gasteiger partial charge in [-0.3, -0.25) is 0 Å². The molecule has 4 nitrogen and oxygen atoms in total. The van der Waals surface area contributed by atoms with Crippen LogP contribution in [0.25, 0.3) is 88.6 Å². The summed E-state index contributed by atoms with van der Waals surface area (Å²) in [5.41, 5.74) is 16.4. The number of para-hydroxylation sites is 3. The predicted molar refractivity (Wildman–Crippen MR) is 210 cm³/mol. The van der Waals surface area contributed by atoms with E-state index in [1.165, 1.54) is 77.1 Å². The van der Waals surface area contributed by atoms with E-state index in [9.17, 15) is 0 Å². The third-order valence-electron chi connectivity index (χ3n) is 10.7. The van der Waals surface area contributed by atoms with Gasteiger partial charge in [0.25, 0.3) is 0 Å². The Kier molecular flexibility index (Phi) is 5.98. The smallest absolute Gasteiger partial charge is 0.116 e. The van der Waals surface area contributed by atoms with Crippen LogP contribution in [0.1, 0.15) is 11.1 Å². The van der Waals surface area contributed by atoms with Crippen molar-refractivity contribution in [2.75, 3.05) is 0 Å². The molecule has 51 heavy (non-hydrogen) atoms. The van der Waals surface area contributed by atoms with Gasteiger partial charge in [0, 0.05) is 56.0 Å². The molecule has 0 atom stereocenters. The van der Waals surface area contributed by atoms with Crippen molar-refractivity contribution in [2.45, 2.75) is 6.42 Å². The summed E-state index contributed by atoms with van der Waals surface area (Å²) in [4.78, 5) is 9.54. The van der Waals surface area contributed by atoms with Crippen LogP contribution in [0.15, 0.2) is 170 Å². The summed E-state index contributed by atoms with van der Waals surface area (Å²) in [6.07, 6.45) is 2.56. The zero-order valence-corrected chi connectivity index (χ0v) is 27.7. The zero-order valence-electron chi connectivity index (χ0n) is 27.7. The number of benzene rings is 7. The van der Waals surface area contributed by atoms with Gasteiger partial charge in [-0.05, 0) is 77.4 Å². The number of fused-ring (bicyclic) bond motifs is 9. The Hall–Kier alpha value is -6.78. The summed E-state index contributed by atoms with van der Waals surface area (Å²) in [6, 6.07) is 59.3. The van der Waals surface area contributed by atoms with Gasteiger partial charge in [-0.2, -0.15) is 0 Å². The number of hydrogen-bond acceptors (Lipinski definition) is 2. The molecule has 0 radical (unpaired) electrons. The highest BCUT2D eigenvalue weighted by molar-refractivity contribution is 6.12. The van der Waals surface area contributed by atoms with Crippen molar-refractivity contribution >= 4 is 43.6 Å². The standard InChI is InChI=1S/C47H30N4/c1-2-13-34(14-3-1)50-42-19-8-6-17-37(42)39-26-30(21-23-44(39)50)31-22-24-45-40(27-31)38-18-7-9-20-43(38)51(45)35-15-10-12-33(25-35)46-41-28-32-11-4-5-16-36(32)47(41)49-29-48-46/h1-27,29H,28H2. The average Bonchev–Trinajstić information content (AvgIpc) is 3.85. The molecule has 3 aromatic heterocycles. The van der Waals surface area contributed by atoms with Gasteiger partial charge in [0.2, 0.25) is 0 Å². The van der Waals surface area contributed by atoms with Crippen molar-refractivity contribution in [3.63, 3.8) is 0 Å². The van der Waals surface area contributed by atoms with Crippen LogP contribution in [-0.2, 0) is 6.42 Å². The SMILES string of the molecule is c1ccc(-n2c3ccccc3c3cc(-c4ccc5c(c4)c4ccccc4n5-c4cccc(-c5ncnc6c5Cc5ccccc5-6)c4)ccc32)cc1. The van der Waals surface area contributed by atoms with Gasteiger partial charge in [-0.1, -0.05) is 103 Å².